The van der Waals surface area contributed by atoms with Crippen molar-refractivity contribution in [2.75, 3.05) is 4.90 Å². The number of anilines is 2. The van der Waals surface area contributed by atoms with Crippen molar-refractivity contribution in [3.05, 3.63) is 267 Å². The fraction of sp³-hybridized carbons (Fsp3) is 0. The molecule has 0 atom stereocenters. The molecule has 11 aromatic rings. The zero-order chi connectivity index (χ0) is 45.4. The summed E-state index contributed by atoms with van der Waals surface area (Å²) in [7, 11) is 0. The van der Waals surface area contributed by atoms with Crippen LogP contribution in [-0.2, 0) is 0 Å². The molecule has 0 unspecified atom stereocenters. The van der Waals surface area contributed by atoms with Crippen molar-refractivity contribution in [1.82, 2.24) is 19.5 Å². The Balaban J connectivity index is 0.860. The fourth-order valence-corrected chi connectivity index (χ4v) is 9.38. The normalized spacial score (nSPS) is 13.7. The lowest BCUT2D eigenvalue weighted by Crippen LogP contribution is -2.11. The molecule has 0 bridgehead atoms. The Labute approximate surface area is 395 Å². The number of fused-ring (bicyclic) bond motifs is 4. The van der Waals surface area contributed by atoms with E-state index in [0.717, 1.165) is 78.3 Å². The molecule has 68 heavy (non-hydrogen) atoms. The Hall–Kier alpha value is -9.19. The molecule has 0 amide bonds. The van der Waals surface area contributed by atoms with Crippen LogP contribution >= 0.6 is 0 Å². The van der Waals surface area contributed by atoms with E-state index in [1.165, 1.54) is 21.8 Å². The summed E-state index contributed by atoms with van der Waals surface area (Å²) < 4.78 is 2.35. The van der Waals surface area contributed by atoms with Crippen LogP contribution in [-0.4, -0.2) is 19.5 Å². The average molecular weight is 870 g/mol. The molecule has 3 heterocycles. The van der Waals surface area contributed by atoms with Gasteiger partial charge in [-0.3, -0.25) is 0 Å². The van der Waals surface area contributed by atoms with Gasteiger partial charge in [0.1, 0.15) is 0 Å². The molecule has 1 aliphatic rings. The third kappa shape index (κ3) is 7.58. The lowest BCUT2D eigenvalue weighted by molar-refractivity contribution is 1.07. The first kappa shape index (κ1) is 40.3. The Morgan fingerprint density at radius 2 is 0.868 bits per heavy atom. The predicted octanol–water partition coefficient (Wildman–Crippen LogP) is 16.1. The second-order valence-corrected chi connectivity index (χ2v) is 17.0. The van der Waals surface area contributed by atoms with E-state index in [0.29, 0.717) is 17.5 Å². The van der Waals surface area contributed by atoms with Crippen molar-refractivity contribution in [1.29, 1.82) is 0 Å². The summed E-state index contributed by atoms with van der Waals surface area (Å²) in [6.07, 6.45) is 6.62. The van der Waals surface area contributed by atoms with E-state index >= 15 is 0 Å². The molecule has 0 saturated carbocycles. The summed E-state index contributed by atoms with van der Waals surface area (Å²) in [5.74, 6) is 1.91. The summed E-state index contributed by atoms with van der Waals surface area (Å²) >= 11 is 0. The van der Waals surface area contributed by atoms with Crippen LogP contribution in [0.15, 0.2) is 255 Å². The number of nitrogens with zero attached hydrogens (tertiary/aromatic N) is 5. The van der Waals surface area contributed by atoms with E-state index in [2.05, 4.69) is 204 Å². The van der Waals surface area contributed by atoms with E-state index < -0.39 is 0 Å². The number of allylic oxidation sites excluding steroid dienone is 4. The van der Waals surface area contributed by atoms with E-state index in [1.54, 1.807) is 0 Å². The van der Waals surface area contributed by atoms with Crippen molar-refractivity contribution in [2.24, 2.45) is 0 Å². The third-order valence-corrected chi connectivity index (χ3v) is 12.8. The van der Waals surface area contributed by atoms with Crippen molar-refractivity contribution in [3.63, 3.8) is 0 Å². The smallest absolute Gasteiger partial charge is 0.164 e. The molecule has 5 heteroatoms. The summed E-state index contributed by atoms with van der Waals surface area (Å²) in [5, 5.41) is 2.44. The van der Waals surface area contributed by atoms with Gasteiger partial charge in [0.05, 0.1) is 16.7 Å². The molecule has 0 aliphatic carbocycles. The molecule has 2 aromatic heterocycles. The maximum absolute atomic E-state index is 4.99. The highest BCUT2D eigenvalue weighted by molar-refractivity contribution is 6.10. The minimum atomic E-state index is 0.630. The van der Waals surface area contributed by atoms with Gasteiger partial charge in [-0.25, -0.2) is 15.0 Å². The zero-order valence-electron chi connectivity index (χ0n) is 37.1. The van der Waals surface area contributed by atoms with E-state index in [9.17, 15) is 0 Å². The van der Waals surface area contributed by atoms with Gasteiger partial charge in [-0.05, 0) is 112 Å². The van der Waals surface area contributed by atoms with Gasteiger partial charge < -0.3 is 9.47 Å². The van der Waals surface area contributed by atoms with Gasteiger partial charge in [-0.15, -0.1) is 0 Å². The van der Waals surface area contributed by atoms with Crippen LogP contribution in [0, 0.1) is 0 Å². The van der Waals surface area contributed by atoms with Crippen molar-refractivity contribution in [3.8, 4) is 62.1 Å². The number of aromatic nitrogens is 4. The van der Waals surface area contributed by atoms with Crippen molar-refractivity contribution >= 4 is 44.3 Å². The van der Waals surface area contributed by atoms with Gasteiger partial charge in [0.25, 0.3) is 0 Å². The molecule has 0 fully saturated rings. The standard InChI is InChI=1S/C63H43N5/c1-43-39-51(50-33-36-60-57(42-50)56-28-12-14-30-59(56)68(60)54-25-9-4-10-26-54)37-38-67(58-29-13-11-27-55(43)58)53-34-31-44(32-35-53)47-21-15-22-48(40-47)49-23-16-24-52(41-49)63-65-61(45-17-5-2-6-18-45)64-62(66-63)46-19-7-3-8-20-46/h2-42H,1H2/b38-37-,51-39+. The van der Waals surface area contributed by atoms with Gasteiger partial charge >= 0.3 is 0 Å². The average Bonchev–Trinajstić information content (AvgIpc) is 3.75. The van der Waals surface area contributed by atoms with E-state index in [4.69, 9.17) is 15.0 Å². The zero-order valence-corrected chi connectivity index (χ0v) is 37.1. The summed E-state index contributed by atoms with van der Waals surface area (Å²) in [5.41, 5.74) is 17.2. The molecule has 9 aromatic carbocycles. The summed E-state index contributed by atoms with van der Waals surface area (Å²) in [6, 6.07) is 80.8. The maximum Gasteiger partial charge on any atom is 0.164 e. The molecule has 320 valence electrons. The van der Waals surface area contributed by atoms with Gasteiger partial charge in [0, 0.05) is 50.6 Å². The lowest BCUT2D eigenvalue weighted by atomic mass is 9.95. The van der Waals surface area contributed by atoms with E-state index in [-0.39, 0.29) is 0 Å². The largest absolute Gasteiger partial charge is 0.317 e. The Morgan fingerprint density at radius 1 is 0.353 bits per heavy atom. The number of benzene rings is 9. The topological polar surface area (TPSA) is 46.8 Å². The quantitative estimate of drug-likeness (QED) is 0.153. The molecular weight excluding hydrogens is 827 g/mol. The SMILES string of the molecule is C=C1/C=C(c2ccc3c(c2)c2ccccc2n3-c2ccccc2)\C=C/N(c2ccc(-c3cccc(-c4cccc(-c5nc(-c6ccccc6)nc(-c6ccccc6)n5)c4)c3)cc2)c2ccccc21. The molecule has 0 N–H and O–H groups in total. The summed E-state index contributed by atoms with van der Waals surface area (Å²) in [6.45, 7) is 4.61. The first-order valence-electron chi connectivity index (χ1n) is 22.9. The second-order valence-electron chi connectivity index (χ2n) is 17.0. The molecule has 0 spiro atoms. The first-order valence-corrected chi connectivity index (χ1v) is 22.9. The van der Waals surface area contributed by atoms with Crippen LogP contribution in [0.5, 0.6) is 0 Å². The van der Waals surface area contributed by atoms with Gasteiger partial charge in [0.15, 0.2) is 17.5 Å². The van der Waals surface area contributed by atoms with Gasteiger partial charge in [-0.1, -0.05) is 176 Å². The number of rotatable bonds is 8. The Bertz CT molecular complexity index is 3680. The maximum atomic E-state index is 4.99. The molecule has 0 saturated heterocycles. The van der Waals surface area contributed by atoms with Crippen LogP contribution in [0.2, 0.25) is 0 Å². The van der Waals surface area contributed by atoms with Crippen LogP contribution in [0.1, 0.15) is 11.1 Å². The minimum Gasteiger partial charge on any atom is -0.317 e. The van der Waals surface area contributed by atoms with E-state index in [1.807, 2.05) is 60.7 Å². The number of hydrogen-bond donors (Lipinski definition) is 0. The monoisotopic (exact) mass is 869 g/mol. The van der Waals surface area contributed by atoms with Gasteiger partial charge in [-0.2, -0.15) is 0 Å². The van der Waals surface area contributed by atoms with Crippen LogP contribution in [0.4, 0.5) is 11.4 Å². The third-order valence-electron chi connectivity index (χ3n) is 12.8. The van der Waals surface area contributed by atoms with Crippen LogP contribution in [0.25, 0.3) is 95.1 Å². The lowest BCUT2D eigenvalue weighted by Gasteiger charge is -2.26. The Kier molecular flexibility index (Phi) is 10.3. The molecule has 1 aliphatic heterocycles. The summed E-state index contributed by atoms with van der Waals surface area (Å²) in [4.78, 5) is 17.1. The molecule has 0 radical (unpaired) electrons. The Morgan fingerprint density at radius 3 is 1.56 bits per heavy atom. The number of para-hydroxylation sites is 3. The molecular formula is C63H43N5. The predicted molar refractivity (Wildman–Crippen MR) is 283 cm³/mol. The fourth-order valence-electron chi connectivity index (χ4n) is 9.38. The highest BCUT2D eigenvalue weighted by Gasteiger charge is 2.19. The van der Waals surface area contributed by atoms with Crippen LogP contribution in [0.3, 0.4) is 0 Å². The first-order chi connectivity index (χ1) is 33.6. The second kappa shape index (κ2) is 17.3. The highest BCUT2D eigenvalue weighted by atomic mass is 15.1. The number of hydrogen-bond acceptors (Lipinski definition) is 4. The molecule has 12 rings (SSSR count). The minimum absolute atomic E-state index is 0.630. The van der Waals surface area contributed by atoms with Crippen molar-refractivity contribution in [2.45, 2.75) is 0 Å². The highest BCUT2D eigenvalue weighted by Crippen LogP contribution is 2.40. The van der Waals surface area contributed by atoms with Gasteiger partial charge in [0.2, 0.25) is 0 Å². The van der Waals surface area contributed by atoms with Crippen molar-refractivity contribution < 1.29 is 0 Å². The molecule has 5 nitrogen and oxygen atoms in total. The van der Waals surface area contributed by atoms with Crippen LogP contribution < -0.4 is 4.90 Å².